The Kier molecular flexibility index (Phi) is 5.98. The van der Waals surface area contributed by atoms with E-state index >= 15 is 8.78 Å². The van der Waals surface area contributed by atoms with Gasteiger partial charge in [0, 0.05) is 50.0 Å². The minimum atomic E-state index is -1.61. The summed E-state index contributed by atoms with van der Waals surface area (Å²) >= 11 is 7.27. The first-order valence-electron chi connectivity index (χ1n) is 13.4. The molecule has 3 aromatic carbocycles. The molecule has 0 saturated heterocycles. The van der Waals surface area contributed by atoms with Gasteiger partial charge in [0.2, 0.25) is 5.91 Å². The van der Waals surface area contributed by atoms with E-state index in [2.05, 4.69) is 6.07 Å². The first-order valence-corrected chi connectivity index (χ1v) is 14.6. The topological polar surface area (TPSA) is 65.4 Å². The quantitative estimate of drug-likeness (QED) is 0.265. The zero-order valence-corrected chi connectivity index (χ0v) is 23.0. The number of hydrogen-bond donors (Lipinski definition) is 0. The summed E-state index contributed by atoms with van der Waals surface area (Å²) in [5.74, 6) is -3.22. The van der Waals surface area contributed by atoms with Crippen molar-refractivity contribution < 1.29 is 23.5 Å². The van der Waals surface area contributed by atoms with Gasteiger partial charge in [-0.25, -0.2) is 8.78 Å². The summed E-state index contributed by atoms with van der Waals surface area (Å²) in [4.78, 5) is 28.0. The average molecular weight is 578 g/mol. The van der Waals surface area contributed by atoms with Gasteiger partial charge in [0.1, 0.15) is 12.4 Å². The summed E-state index contributed by atoms with van der Waals surface area (Å²) in [6, 6.07) is 15.3. The fraction of sp³-hybridized carbons (Fsp3) is 0.290. The summed E-state index contributed by atoms with van der Waals surface area (Å²) in [6.07, 6.45) is 4.91. The van der Waals surface area contributed by atoms with Gasteiger partial charge >= 0.3 is 0 Å². The van der Waals surface area contributed by atoms with Crippen LogP contribution in [-0.4, -0.2) is 23.0 Å². The van der Waals surface area contributed by atoms with Crippen molar-refractivity contribution in [2.45, 2.75) is 59.8 Å². The Balaban J connectivity index is 1.34. The van der Waals surface area contributed by atoms with Crippen LogP contribution in [-0.2, 0) is 16.8 Å². The normalized spacial score (nSPS) is 17.3. The summed E-state index contributed by atoms with van der Waals surface area (Å²) in [6.45, 7) is 0.515. The predicted molar refractivity (Wildman–Crippen MR) is 148 cm³/mol. The van der Waals surface area contributed by atoms with Crippen molar-refractivity contribution in [3.63, 3.8) is 0 Å². The van der Waals surface area contributed by atoms with E-state index in [4.69, 9.17) is 11.6 Å². The van der Waals surface area contributed by atoms with Gasteiger partial charge in [-0.3, -0.25) is 4.79 Å². The molecule has 1 amide bonds. The lowest BCUT2D eigenvalue weighted by Gasteiger charge is -2.39. The van der Waals surface area contributed by atoms with Crippen molar-refractivity contribution in [2.75, 3.05) is 11.4 Å². The highest BCUT2D eigenvalue weighted by Crippen LogP contribution is 2.53. The third-order valence-electron chi connectivity index (χ3n) is 8.60. The van der Waals surface area contributed by atoms with Crippen molar-refractivity contribution in [2.24, 2.45) is 0 Å². The molecule has 40 heavy (non-hydrogen) atoms. The molecular weight excluding hydrogens is 554 g/mol. The van der Waals surface area contributed by atoms with Gasteiger partial charge in [0.05, 0.1) is 16.5 Å². The van der Waals surface area contributed by atoms with E-state index in [0.29, 0.717) is 16.8 Å². The van der Waals surface area contributed by atoms with E-state index in [-0.39, 0.29) is 39.2 Å². The number of carbonyl (C=O) groups excluding carboxylic acids is 2. The summed E-state index contributed by atoms with van der Waals surface area (Å²) in [7, 11) is 0. The fourth-order valence-corrected chi connectivity index (χ4v) is 7.74. The van der Waals surface area contributed by atoms with Crippen molar-refractivity contribution in [1.29, 1.82) is 0 Å². The van der Waals surface area contributed by atoms with Crippen LogP contribution >= 0.6 is 23.4 Å². The lowest BCUT2D eigenvalue weighted by atomic mass is 9.66. The number of fused-ring (bicyclic) bond motifs is 3. The molecule has 2 fully saturated rings. The summed E-state index contributed by atoms with van der Waals surface area (Å²) in [5, 5.41) is 11.9. The van der Waals surface area contributed by atoms with E-state index in [1.165, 1.54) is 23.8 Å². The first kappa shape index (κ1) is 25.6. The number of carboxylic acid groups (broad SMARTS) is 1. The van der Waals surface area contributed by atoms with Crippen LogP contribution in [0.1, 0.15) is 59.6 Å². The van der Waals surface area contributed by atoms with Gasteiger partial charge in [-0.05, 0) is 55.5 Å². The number of amides is 1. The lowest BCUT2D eigenvalue weighted by molar-refractivity contribution is -0.255. The number of anilines is 1. The number of para-hydroxylation sites is 1. The van der Waals surface area contributed by atoms with Crippen LogP contribution in [0.2, 0.25) is 5.02 Å². The lowest BCUT2D eigenvalue weighted by Crippen LogP contribution is -2.42. The predicted octanol–water partition coefficient (Wildman–Crippen LogP) is 6.43. The molecule has 0 bridgehead atoms. The van der Waals surface area contributed by atoms with Gasteiger partial charge in [-0.2, -0.15) is 0 Å². The monoisotopic (exact) mass is 577 g/mol. The molecule has 5 nitrogen and oxygen atoms in total. The van der Waals surface area contributed by atoms with Gasteiger partial charge in [0.15, 0.2) is 5.82 Å². The number of halogens is 3. The molecular formula is C31H24ClF2N2O3S-. The number of aromatic nitrogens is 1. The average Bonchev–Trinajstić information content (AvgIpc) is 3.62. The smallest absolute Gasteiger partial charge is 0.246 e. The van der Waals surface area contributed by atoms with Crippen LogP contribution in [0.5, 0.6) is 0 Å². The Labute approximate surface area is 238 Å². The molecule has 0 N–H and O–H groups in total. The van der Waals surface area contributed by atoms with Gasteiger partial charge < -0.3 is 19.4 Å². The second kappa shape index (κ2) is 9.35. The van der Waals surface area contributed by atoms with E-state index in [9.17, 15) is 14.7 Å². The van der Waals surface area contributed by atoms with Gasteiger partial charge in [-0.1, -0.05) is 60.1 Å². The molecule has 0 radical (unpaired) electrons. The maximum Gasteiger partial charge on any atom is 0.246 e. The Morgan fingerprint density at radius 3 is 2.50 bits per heavy atom. The largest absolute Gasteiger partial charge is 0.545 e. The molecule has 7 rings (SSSR count). The van der Waals surface area contributed by atoms with Gasteiger partial charge in [0.25, 0.3) is 0 Å². The summed E-state index contributed by atoms with van der Waals surface area (Å²) < 4.78 is 32.6. The standard InChI is InChI=1S/C31H25ClF2N2O3S/c32-21-12-11-19-28(26(21)34)35(15-24(37)36-16-31(13-4-14-31)20-6-1-2-7-22(20)36)27(17-9-10-17)29(19)40-23-8-3-5-18(25(23)33)30(38)39/h1-3,5-8,11-12,17H,4,9-10,13-16H2,(H,38,39)/p-1. The molecule has 0 atom stereocenters. The van der Waals surface area contributed by atoms with E-state index in [1.807, 2.05) is 23.1 Å². The molecule has 3 aliphatic rings. The highest BCUT2D eigenvalue weighted by Gasteiger charge is 2.48. The Hall–Kier alpha value is -3.36. The Morgan fingerprint density at radius 2 is 1.80 bits per heavy atom. The minimum absolute atomic E-state index is 0.0125. The zero-order chi connectivity index (χ0) is 27.8. The van der Waals surface area contributed by atoms with Gasteiger partial charge in [-0.15, -0.1) is 0 Å². The number of carboxylic acids is 1. The number of rotatable bonds is 6. The third kappa shape index (κ3) is 3.87. The van der Waals surface area contributed by atoms with Crippen LogP contribution in [0.25, 0.3) is 10.9 Å². The van der Waals surface area contributed by atoms with Crippen LogP contribution in [0.4, 0.5) is 14.5 Å². The third-order valence-corrected chi connectivity index (χ3v) is 10.1. The number of benzene rings is 3. The molecule has 204 valence electrons. The highest BCUT2D eigenvalue weighted by molar-refractivity contribution is 7.99. The van der Waals surface area contributed by atoms with E-state index in [1.54, 1.807) is 10.6 Å². The molecule has 2 aliphatic carbocycles. The van der Waals surface area contributed by atoms with Crippen LogP contribution in [0.15, 0.2) is 64.4 Å². The molecule has 2 heterocycles. The number of carbonyl (C=O) groups is 2. The number of nitrogens with zero attached hydrogens (tertiary/aromatic N) is 2. The Morgan fingerprint density at radius 1 is 1.02 bits per heavy atom. The SMILES string of the molecule is O=C([O-])c1cccc(Sc2c(C3CC3)n(CC(=O)N3CC4(CCC4)c4ccccc43)c3c(F)c(Cl)ccc23)c1F. The van der Waals surface area contributed by atoms with Crippen LogP contribution < -0.4 is 10.0 Å². The summed E-state index contributed by atoms with van der Waals surface area (Å²) in [5.41, 5.74) is 2.51. The molecule has 1 aromatic heterocycles. The van der Waals surface area contributed by atoms with Crippen LogP contribution in [0.3, 0.4) is 0 Å². The fourth-order valence-electron chi connectivity index (χ4n) is 6.36. The Bertz CT molecular complexity index is 1730. The van der Waals surface area contributed by atoms with E-state index < -0.39 is 23.2 Å². The molecule has 0 unspecified atom stereocenters. The molecule has 1 aliphatic heterocycles. The second-order valence-electron chi connectivity index (χ2n) is 11.0. The van der Waals surface area contributed by atoms with Crippen molar-refractivity contribution in [3.8, 4) is 0 Å². The van der Waals surface area contributed by atoms with Crippen molar-refractivity contribution in [3.05, 3.63) is 88.1 Å². The van der Waals surface area contributed by atoms with E-state index in [0.717, 1.165) is 61.3 Å². The maximum atomic E-state index is 15.7. The zero-order valence-electron chi connectivity index (χ0n) is 21.4. The van der Waals surface area contributed by atoms with Crippen molar-refractivity contribution in [1.82, 2.24) is 4.57 Å². The minimum Gasteiger partial charge on any atom is -0.545 e. The van der Waals surface area contributed by atoms with Crippen LogP contribution in [0, 0.1) is 11.6 Å². The highest BCUT2D eigenvalue weighted by atomic mass is 35.5. The molecule has 4 aromatic rings. The maximum absolute atomic E-state index is 15.7. The first-order chi connectivity index (χ1) is 19.3. The van der Waals surface area contributed by atoms with Crippen molar-refractivity contribution >= 4 is 51.8 Å². The number of aromatic carboxylic acids is 1. The number of hydrogen-bond acceptors (Lipinski definition) is 4. The molecule has 9 heteroatoms. The molecule has 2 saturated carbocycles. The molecule has 1 spiro atoms. The second-order valence-corrected chi connectivity index (χ2v) is 12.4.